The number of ether oxygens (including phenoxy) is 1. The lowest BCUT2D eigenvalue weighted by Crippen LogP contribution is -2.45. The van der Waals surface area contributed by atoms with E-state index in [4.69, 9.17) is 4.74 Å². The summed E-state index contributed by atoms with van der Waals surface area (Å²) in [5.74, 6) is 1.80. The third kappa shape index (κ3) is 2.36. The van der Waals surface area contributed by atoms with Crippen LogP contribution in [-0.2, 0) is 15.5 Å². The molecule has 0 bridgehead atoms. The Kier molecular flexibility index (Phi) is 3.31. The quantitative estimate of drug-likeness (QED) is 0.610. The maximum atomic E-state index is 11.0. The van der Waals surface area contributed by atoms with Gasteiger partial charge in [0.2, 0.25) is 0 Å². The van der Waals surface area contributed by atoms with Gasteiger partial charge >= 0.3 is 0 Å². The molecule has 0 aromatic carbocycles. The Balaban J connectivity index is 2.05. The summed E-state index contributed by atoms with van der Waals surface area (Å²) in [7, 11) is 0.819. The van der Waals surface area contributed by atoms with Gasteiger partial charge in [0.05, 0.1) is 0 Å². The molecular weight excluding hydrogens is 150 g/mol. The maximum absolute atomic E-state index is 11.0. The first-order chi connectivity index (χ1) is 4.83. The van der Waals surface area contributed by atoms with Crippen LogP contribution in [0.5, 0.6) is 0 Å². The van der Waals surface area contributed by atoms with Gasteiger partial charge in [0.25, 0.3) is 0 Å². The van der Waals surface area contributed by atoms with Gasteiger partial charge in [-0.1, -0.05) is 0 Å². The fourth-order valence-corrected chi connectivity index (χ4v) is 2.03. The van der Waals surface area contributed by atoms with E-state index in [0.717, 1.165) is 18.8 Å². The van der Waals surface area contributed by atoms with Crippen molar-refractivity contribution in [3.8, 4) is 0 Å². The average molecular weight is 163 g/mol. The fourth-order valence-electron chi connectivity index (χ4n) is 0.909. The molecule has 10 heavy (non-hydrogen) atoms. The van der Waals surface area contributed by atoms with Crippen molar-refractivity contribution in [1.82, 2.24) is 5.32 Å². The lowest BCUT2D eigenvalue weighted by molar-refractivity contribution is 0.253. The zero-order valence-corrected chi connectivity index (χ0v) is 6.95. The van der Waals surface area contributed by atoms with Crippen LogP contribution in [0.4, 0.5) is 0 Å². The molecule has 1 N–H and O–H groups in total. The smallest absolute Gasteiger partial charge is 0.121 e. The topological polar surface area (TPSA) is 38.3 Å². The molecule has 0 aliphatic carbocycles. The van der Waals surface area contributed by atoms with E-state index in [1.165, 1.54) is 0 Å². The van der Waals surface area contributed by atoms with Crippen LogP contribution in [0.1, 0.15) is 0 Å². The molecule has 3 nitrogen and oxygen atoms in total. The Hall–Kier alpha value is 0.0700. The van der Waals surface area contributed by atoms with E-state index < -0.39 is 10.8 Å². The van der Waals surface area contributed by atoms with E-state index in [0.29, 0.717) is 11.9 Å². The van der Waals surface area contributed by atoms with Crippen molar-refractivity contribution in [2.24, 2.45) is 5.92 Å². The Bertz CT molecular complexity index is 125. The first-order valence-electron chi connectivity index (χ1n) is 3.37. The Morgan fingerprint density at radius 1 is 1.70 bits per heavy atom. The van der Waals surface area contributed by atoms with Gasteiger partial charge in [-0.15, -0.1) is 0 Å². The highest BCUT2D eigenvalue weighted by atomic mass is 32.2. The normalized spacial score (nSPS) is 22.1. The lowest BCUT2D eigenvalue weighted by atomic mass is 10.1. The molecule has 1 atom stereocenters. The van der Waals surface area contributed by atoms with E-state index in [9.17, 15) is 4.21 Å². The molecule has 0 aromatic rings. The van der Waals surface area contributed by atoms with Crippen molar-refractivity contribution in [2.45, 2.75) is 0 Å². The van der Waals surface area contributed by atoms with Crippen LogP contribution in [0.3, 0.4) is 0 Å². The van der Waals surface area contributed by atoms with Crippen LogP contribution in [0.15, 0.2) is 0 Å². The van der Waals surface area contributed by atoms with Crippen LogP contribution in [0, 0.1) is 5.92 Å². The van der Waals surface area contributed by atoms with Crippen molar-refractivity contribution in [2.75, 3.05) is 31.9 Å². The summed E-state index contributed by atoms with van der Waals surface area (Å²) >= 11 is 0. The molecule has 60 valence electrons. The highest BCUT2D eigenvalue weighted by molar-refractivity contribution is 7.84. The summed E-state index contributed by atoms with van der Waals surface area (Å²) in [4.78, 5) is 0. The van der Waals surface area contributed by atoms with E-state index in [1.807, 2.05) is 0 Å². The summed E-state index contributed by atoms with van der Waals surface area (Å²) in [6.07, 6.45) is 0. The van der Waals surface area contributed by atoms with E-state index in [-0.39, 0.29) is 0 Å². The molecular formula is C6H13NO2S. The molecule has 1 rings (SSSR count). The van der Waals surface area contributed by atoms with Crippen molar-refractivity contribution < 1.29 is 8.95 Å². The zero-order valence-electron chi connectivity index (χ0n) is 6.13. The maximum Gasteiger partial charge on any atom is 0.121 e. The predicted octanol–water partition coefficient (Wildman–Crippen LogP) is -0.442. The highest BCUT2D eigenvalue weighted by Gasteiger charge is 2.18. The molecule has 1 saturated heterocycles. The molecule has 1 fully saturated rings. The average Bonchev–Trinajstić information content (AvgIpc) is 1.80. The van der Waals surface area contributed by atoms with Gasteiger partial charge < -0.3 is 10.1 Å². The first kappa shape index (κ1) is 8.17. The van der Waals surface area contributed by atoms with Crippen LogP contribution in [-0.4, -0.2) is 36.1 Å². The Labute approximate surface area is 63.6 Å². The summed E-state index contributed by atoms with van der Waals surface area (Å²) < 4.78 is 15.8. The van der Waals surface area contributed by atoms with Gasteiger partial charge in [-0.3, -0.25) is 4.21 Å². The minimum absolute atomic E-state index is 0.385. The minimum Gasteiger partial charge on any atom is -0.371 e. The lowest BCUT2D eigenvalue weighted by Gasteiger charge is -2.26. The summed E-state index contributed by atoms with van der Waals surface area (Å²) in [5, 5.41) is 3.13. The number of hydrogen-bond donors (Lipinski definition) is 1. The standard InChI is InChI=1S/C6H13NO2S/c1-9-5-10(8)4-6-2-7-3-6/h6-7H,2-5H2,1H3. The van der Waals surface area contributed by atoms with Gasteiger partial charge in [0.1, 0.15) is 5.94 Å². The molecule has 1 unspecified atom stereocenters. The third-order valence-corrected chi connectivity index (χ3v) is 2.88. The van der Waals surface area contributed by atoms with Gasteiger partial charge in [0, 0.05) is 36.8 Å². The van der Waals surface area contributed by atoms with Gasteiger partial charge in [-0.05, 0) is 5.92 Å². The molecule has 0 saturated carbocycles. The van der Waals surface area contributed by atoms with E-state index in [1.54, 1.807) is 7.11 Å². The van der Waals surface area contributed by atoms with Crippen molar-refractivity contribution in [3.05, 3.63) is 0 Å². The van der Waals surface area contributed by atoms with Gasteiger partial charge in [-0.2, -0.15) is 0 Å². The van der Waals surface area contributed by atoms with E-state index >= 15 is 0 Å². The van der Waals surface area contributed by atoms with Crippen molar-refractivity contribution in [3.63, 3.8) is 0 Å². The summed E-state index contributed by atoms with van der Waals surface area (Å²) in [5.41, 5.74) is 0. The van der Waals surface area contributed by atoms with Crippen LogP contribution in [0.2, 0.25) is 0 Å². The number of rotatable bonds is 4. The number of methoxy groups -OCH3 is 1. The molecule has 1 heterocycles. The summed E-state index contributed by atoms with van der Waals surface area (Å²) in [6.45, 7) is 2.05. The second-order valence-corrected chi connectivity index (χ2v) is 3.99. The minimum atomic E-state index is -0.761. The molecule has 0 amide bonds. The molecule has 4 heteroatoms. The van der Waals surface area contributed by atoms with Crippen molar-refractivity contribution >= 4 is 10.8 Å². The molecule has 0 spiro atoms. The summed E-state index contributed by atoms with van der Waals surface area (Å²) in [6, 6.07) is 0. The fraction of sp³-hybridized carbons (Fsp3) is 1.00. The largest absolute Gasteiger partial charge is 0.371 e. The van der Waals surface area contributed by atoms with Gasteiger partial charge in [-0.25, -0.2) is 0 Å². The molecule has 0 radical (unpaired) electrons. The highest BCUT2D eigenvalue weighted by Crippen LogP contribution is 2.04. The number of nitrogens with one attached hydrogen (secondary N) is 1. The number of hydrogen-bond acceptors (Lipinski definition) is 3. The molecule has 0 aromatic heterocycles. The molecule has 1 aliphatic rings. The van der Waals surface area contributed by atoms with Gasteiger partial charge in [0.15, 0.2) is 0 Å². The predicted molar refractivity (Wildman–Crippen MR) is 41.2 cm³/mol. The van der Waals surface area contributed by atoms with Crippen LogP contribution < -0.4 is 5.32 Å². The SMILES string of the molecule is COCS(=O)CC1CNC1. The van der Waals surface area contributed by atoms with E-state index in [2.05, 4.69) is 5.32 Å². The third-order valence-electron chi connectivity index (χ3n) is 1.54. The monoisotopic (exact) mass is 163 g/mol. The molecule has 1 aliphatic heterocycles. The van der Waals surface area contributed by atoms with Crippen LogP contribution in [0.25, 0.3) is 0 Å². The zero-order chi connectivity index (χ0) is 7.40. The van der Waals surface area contributed by atoms with Crippen LogP contribution >= 0.6 is 0 Å². The second-order valence-electron chi connectivity index (χ2n) is 2.54. The van der Waals surface area contributed by atoms with Crippen molar-refractivity contribution in [1.29, 1.82) is 0 Å². The Morgan fingerprint density at radius 2 is 2.40 bits per heavy atom. The second kappa shape index (κ2) is 4.05. The first-order valence-corrected chi connectivity index (χ1v) is 4.86. The Morgan fingerprint density at radius 3 is 2.80 bits per heavy atom.